The molecule has 3 N–H and O–H groups in total. The molecule has 6 heteroatoms. The fraction of sp³-hybridized carbons (Fsp3) is 0.231. The van der Waals surface area contributed by atoms with Gasteiger partial charge in [-0.15, -0.1) is 0 Å². The second-order valence-corrected chi connectivity index (χ2v) is 4.36. The Morgan fingerprint density at radius 2 is 2.11 bits per heavy atom. The zero-order chi connectivity index (χ0) is 13.8. The van der Waals surface area contributed by atoms with Crippen LogP contribution in [0.3, 0.4) is 0 Å². The largest absolute Gasteiger partial charge is 0.396 e. The number of aromatic nitrogens is 3. The van der Waals surface area contributed by atoms with E-state index in [9.17, 15) is 4.79 Å². The molecule has 0 radical (unpaired) electrons. The third kappa shape index (κ3) is 3.04. The maximum Gasteiger partial charge on any atom is 0.277 e. The Hall–Kier alpha value is -2.50. The monoisotopic (exact) mass is 257 g/mol. The van der Waals surface area contributed by atoms with Crippen molar-refractivity contribution in [2.45, 2.75) is 19.8 Å². The molecule has 1 amide bonds. The maximum absolute atomic E-state index is 12.1. The molecule has 2 rings (SSSR count). The lowest BCUT2D eigenvalue weighted by Gasteiger charge is -2.09. The van der Waals surface area contributed by atoms with Gasteiger partial charge in [0.25, 0.3) is 5.91 Å². The first kappa shape index (κ1) is 12.9. The van der Waals surface area contributed by atoms with E-state index in [-0.39, 0.29) is 23.2 Å². The van der Waals surface area contributed by atoms with Crippen LogP contribution in [0.5, 0.6) is 0 Å². The summed E-state index contributed by atoms with van der Waals surface area (Å²) in [6, 6.07) is 5.25. The molecule has 0 unspecified atom stereocenters. The van der Waals surface area contributed by atoms with Crippen molar-refractivity contribution in [2.75, 3.05) is 11.1 Å². The number of nitrogens with two attached hydrogens (primary N) is 1. The fourth-order valence-electron chi connectivity index (χ4n) is 1.48. The number of nitrogen functional groups attached to an aromatic ring is 1. The summed E-state index contributed by atoms with van der Waals surface area (Å²) in [7, 11) is 0. The molecule has 0 aliphatic rings. The van der Waals surface area contributed by atoms with E-state index in [1.54, 1.807) is 24.4 Å². The molecule has 19 heavy (non-hydrogen) atoms. The van der Waals surface area contributed by atoms with Crippen molar-refractivity contribution in [3.05, 3.63) is 42.1 Å². The summed E-state index contributed by atoms with van der Waals surface area (Å²) in [5.41, 5.74) is 6.16. The predicted molar refractivity (Wildman–Crippen MR) is 72.7 cm³/mol. The SMILES string of the molecule is CC(C)c1ncc(N)c(C(=O)Nc2ccccn2)n1. The van der Waals surface area contributed by atoms with Gasteiger partial charge in [-0.1, -0.05) is 19.9 Å². The number of nitrogens with zero attached hydrogens (tertiary/aromatic N) is 3. The topological polar surface area (TPSA) is 93.8 Å². The Balaban J connectivity index is 2.26. The molecule has 0 aliphatic carbocycles. The van der Waals surface area contributed by atoms with Gasteiger partial charge in [0.1, 0.15) is 11.6 Å². The highest BCUT2D eigenvalue weighted by Crippen LogP contribution is 2.14. The van der Waals surface area contributed by atoms with Crippen LogP contribution in [0, 0.1) is 0 Å². The summed E-state index contributed by atoms with van der Waals surface area (Å²) >= 11 is 0. The van der Waals surface area contributed by atoms with Crippen molar-refractivity contribution in [1.82, 2.24) is 15.0 Å². The first-order chi connectivity index (χ1) is 9.08. The number of carbonyl (C=O) groups excluding carboxylic acids is 1. The van der Waals surface area contributed by atoms with Crippen molar-refractivity contribution < 1.29 is 4.79 Å². The highest BCUT2D eigenvalue weighted by Gasteiger charge is 2.15. The Bertz CT molecular complexity index is 583. The van der Waals surface area contributed by atoms with Crippen LogP contribution in [0.15, 0.2) is 30.6 Å². The summed E-state index contributed by atoms with van der Waals surface area (Å²) in [4.78, 5) is 24.4. The summed E-state index contributed by atoms with van der Waals surface area (Å²) < 4.78 is 0. The zero-order valence-corrected chi connectivity index (χ0v) is 10.8. The standard InChI is InChI=1S/C13H15N5O/c1-8(2)12-16-7-9(14)11(18-12)13(19)17-10-5-3-4-6-15-10/h3-8H,14H2,1-2H3,(H,15,17,19). The van der Waals surface area contributed by atoms with Crippen molar-refractivity contribution in [2.24, 2.45) is 0 Å². The first-order valence-electron chi connectivity index (χ1n) is 5.92. The molecule has 2 heterocycles. The molecule has 0 fully saturated rings. The van der Waals surface area contributed by atoms with Crippen molar-refractivity contribution in [3.8, 4) is 0 Å². The molecule has 0 saturated heterocycles. The van der Waals surface area contributed by atoms with Gasteiger partial charge in [-0.2, -0.15) is 0 Å². The number of rotatable bonds is 3. The minimum absolute atomic E-state index is 0.127. The van der Waals surface area contributed by atoms with Crippen LogP contribution in [0.25, 0.3) is 0 Å². The van der Waals surface area contributed by atoms with Gasteiger partial charge in [-0.25, -0.2) is 15.0 Å². The fourth-order valence-corrected chi connectivity index (χ4v) is 1.48. The van der Waals surface area contributed by atoms with Gasteiger partial charge < -0.3 is 11.1 Å². The molecule has 0 atom stereocenters. The highest BCUT2D eigenvalue weighted by atomic mass is 16.2. The third-order valence-corrected chi connectivity index (χ3v) is 2.47. The van der Waals surface area contributed by atoms with Crippen LogP contribution in [0.2, 0.25) is 0 Å². The summed E-state index contributed by atoms with van der Waals surface area (Å²) in [5, 5.41) is 2.64. The lowest BCUT2D eigenvalue weighted by Crippen LogP contribution is -2.18. The van der Waals surface area contributed by atoms with E-state index in [0.29, 0.717) is 11.6 Å². The van der Waals surface area contributed by atoms with Crippen LogP contribution in [0.4, 0.5) is 11.5 Å². The number of anilines is 2. The average molecular weight is 257 g/mol. The lowest BCUT2D eigenvalue weighted by molar-refractivity contribution is 0.102. The van der Waals surface area contributed by atoms with E-state index in [1.165, 1.54) is 6.20 Å². The zero-order valence-electron chi connectivity index (χ0n) is 10.8. The molecule has 0 saturated carbocycles. The van der Waals surface area contributed by atoms with E-state index in [0.717, 1.165) is 0 Å². The van der Waals surface area contributed by atoms with Crippen LogP contribution in [-0.2, 0) is 0 Å². The van der Waals surface area contributed by atoms with E-state index < -0.39 is 0 Å². The Morgan fingerprint density at radius 3 is 2.74 bits per heavy atom. The molecule has 0 aliphatic heterocycles. The van der Waals surface area contributed by atoms with Crippen molar-refractivity contribution in [1.29, 1.82) is 0 Å². The van der Waals surface area contributed by atoms with Gasteiger partial charge in [0.15, 0.2) is 5.69 Å². The number of hydrogen-bond acceptors (Lipinski definition) is 5. The van der Waals surface area contributed by atoms with E-state index in [2.05, 4.69) is 20.3 Å². The second-order valence-electron chi connectivity index (χ2n) is 4.36. The number of hydrogen-bond donors (Lipinski definition) is 2. The molecular weight excluding hydrogens is 242 g/mol. The molecular formula is C13H15N5O. The second kappa shape index (κ2) is 5.43. The van der Waals surface area contributed by atoms with Gasteiger partial charge in [0.05, 0.1) is 11.9 Å². The molecule has 2 aromatic rings. The van der Waals surface area contributed by atoms with Gasteiger partial charge in [0.2, 0.25) is 0 Å². The molecule has 0 spiro atoms. The number of amides is 1. The van der Waals surface area contributed by atoms with Crippen LogP contribution >= 0.6 is 0 Å². The van der Waals surface area contributed by atoms with E-state index >= 15 is 0 Å². The normalized spacial score (nSPS) is 10.5. The van der Waals surface area contributed by atoms with Crippen LogP contribution in [-0.4, -0.2) is 20.9 Å². The Morgan fingerprint density at radius 1 is 1.32 bits per heavy atom. The molecule has 0 aromatic carbocycles. The Kier molecular flexibility index (Phi) is 3.70. The van der Waals surface area contributed by atoms with Crippen LogP contribution in [0.1, 0.15) is 36.1 Å². The third-order valence-electron chi connectivity index (χ3n) is 2.47. The number of pyridine rings is 1. The summed E-state index contributed by atoms with van der Waals surface area (Å²) in [6.07, 6.45) is 3.05. The minimum atomic E-state index is -0.388. The first-order valence-corrected chi connectivity index (χ1v) is 5.92. The maximum atomic E-state index is 12.1. The van der Waals surface area contributed by atoms with Gasteiger partial charge >= 0.3 is 0 Å². The molecule has 98 valence electrons. The van der Waals surface area contributed by atoms with Gasteiger partial charge in [-0.3, -0.25) is 4.79 Å². The predicted octanol–water partition coefficient (Wildman–Crippen LogP) is 1.83. The summed E-state index contributed by atoms with van der Waals surface area (Å²) in [6.45, 7) is 3.90. The molecule has 2 aromatic heterocycles. The van der Waals surface area contributed by atoms with Gasteiger partial charge in [-0.05, 0) is 12.1 Å². The van der Waals surface area contributed by atoms with E-state index in [1.807, 2.05) is 13.8 Å². The lowest BCUT2D eigenvalue weighted by atomic mass is 10.2. The number of nitrogens with one attached hydrogen (secondary N) is 1. The molecule has 0 bridgehead atoms. The van der Waals surface area contributed by atoms with Crippen LogP contribution < -0.4 is 11.1 Å². The number of carbonyl (C=O) groups is 1. The smallest absolute Gasteiger partial charge is 0.277 e. The minimum Gasteiger partial charge on any atom is -0.396 e. The van der Waals surface area contributed by atoms with Crippen molar-refractivity contribution >= 4 is 17.4 Å². The quantitative estimate of drug-likeness (QED) is 0.874. The highest BCUT2D eigenvalue weighted by molar-refractivity contribution is 6.05. The molecule has 6 nitrogen and oxygen atoms in total. The summed E-state index contributed by atoms with van der Waals surface area (Å²) in [5.74, 6) is 0.777. The van der Waals surface area contributed by atoms with Gasteiger partial charge in [0, 0.05) is 12.1 Å². The van der Waals surface area contributed by atoms with E-state index in [4.69, 9.17) is 5.73 Å². The average Bonchev–Trinajstić information content (AvgIpc) is 2.40. The Labute approximate surface area is 111 Å². The van der Waals surface area contributed by atoms with Crippen molar-refractivity contribution in [3.63, 3.8) is 0 Å².